The van der Waals surface area contributed by atoms with Crippen molar-refractivity contribution in [2.75, 3.05) is 35.8 Å². The lowest BCUT2D eigenvalue weighted by Gasteiger charge is -2.31. The molecule has 1 aliphatic carbocycles. The fourth-order valence-corrected chi connectivity index (χ4v) is 5.87. The normalized spacial score (nSPS) is 17.4. The molecule has 0 aromatic heterocycles. The maximum Gasteiger partial charge on any atom is 0.262 e. The molecule has 7 nitrogen and oxygen atoms in total. The number of amides is 1. The number of hydrogen-bond donors (Lipinski definition) is 3. The van der Waals surface area contributed by atoms with E-state index in [1.165, 1.54) is 0 Å². The van der Waals surface area contributed by atoms with E-state index in [0.717, 1.165) is 63.1 Å². The molecule has 4 rings (SSSR count). The first-order valence-corrected chi connectivity index (χ1v) is 12.8. The fraction of sp³-hybridized carbons (Fsp3) is 0.458. The molecule has 1 heterocycles. The summed E-state index contributed by atoms with van der Waals surface area (Å²) in [5.74, 6) is -0.157. The van der Waals surface area contributed by atoms with Gasteiger partial charge in [0.05, 0.1) is 16.3 Å². The Hall–Kier alpha value is -2.58. The molecule has 172 valence electrons. The highest BCUT2D eigenvalue weighted by Crippen LogP contribution is 2.31. The van der Waals surface area contributed by atoms with Crippen molar-refractivity contribution in [2.45, 2.75) is 50.5 Å². The number of carbonyl (C=O) groups excluding carboxylic acids is 1. The molecule has 1 saturated heterocycles. The summed E-state index contributed by atoms with van der Waals surface area (Å²) >= 11 is 0. The summed E-state index contributed by atoms with van der Waals surface area (Å²) < 4.78 is 29.4. The Bertz CT molecular complexity index is 1090. The number of rotatable bonds is 6. The molecule has 1 amide bonds. The third-order valence-corrected chi connectivity index (χ3v) is 7.79. The second-order valence-corrected chi connectivity index (χ2v) is 10.4. The molecule has 0 radical (unpaired) electrons. The Kier molecular flexibility index (Phi) is 6.71. The maximum atomic E-state index is 13.3. The number of hydrogen-bond acceptors (Lipinski definition) is 5. The Morgan fingerprint density at radius 3 is 2.47 bits per heavy atom. The smallest absolute Gasteiger partial charge is 0.262 e. The van der Waals surface area contributed by atoms with Gasteiger partial charge in [0.15, 0.2) is 0 Å². The molecule has 2 aromatic rings. The first-order valence-electron chi connectivity index (χ1n) is 11.3. The van der Waals surface area contributed by atoms with Crippen LogP contribution in [0.1, 0.15) is 47.2 Å². The topological polar surface area (TPSA) is 90.5 Å². The minimum Gasteiger partial charge on any atom is -0.367 e. The lowest BCUT2D eigenvalue weighted by Crippen LogP contribution is -2.43. The van der Waals surface area contributed by atoms with E-state index in [1.807, 2.05) is 25.1 Å². The molecule has 2 aromatic carbocycles. The van der Waals surface area contributed by atoms with E-state index in [4.69, 9.17) is 0 Å². The zero-order valence-corrected chi connectivity index (χ0v) is 19.6. The summed E-state index contributed by atoms with van der Waals surface area (Å²) in [7, 11) is -3.82. The second-order valence-electron chi connectivity index (χ2n) is 8.80. The average Bonchev–Trinajstić information content (AvgIpc) is 3.28. The van der Waals surface area contributed by atoms with Crippen LogP contribution in [0.3, 0.4) is 0 Å². The van der Waals surface area contributed by atoms with Crippen molar-refractivity contribution in [1.82, 2.24) is 10.6 Å². The molecule has 0 atom stereocenters. The maximum absolute atomic E-state index is 13.3. The Morgan fingerprint density at radius 1 is 1.03 bits per heavy atom. The number of carbonyl (C=O) groups is 1. The van der Waals surface area contributed by atoms with Gasteiger partial charge in [0.25, 0.3) is 15.9 Å². The Labute approximate surface area is 190 Å². The van der Waals surface area contributed by atoms with Crippen molar-refractivity contribution in [3.63, 3.8) is 0 Å². The van der Waals surface area contributed by atoms with Gasteiger partial charge in [-0.15, -0.1) is 0 Å². The van der Waals surface area contributed by atoms with Crippen LogP contribution in [0.2, 0.25) is 0 Å². The molecule has 2 fully saturated rings. The van der Waals surface area contributed by atoms with Gasteiger partial charge in [-0.2, -0.15) is 0 Å². The van der Waals surface area contributed by atoms with Crippen LogP contribution in [0, 0.1) is 13.8 Å². The summed E-state index contributed by atoms with van der Waals surface area (Å²) in [6, 6.07) is 10.9. The molecule has 8 heteroatoms. The predicted octanol–water partition coefficient (Wildman–Crippen LogP) is 3.19. The van der Waals surface area contributed by atoms with Crippen LogP contribution in [-0.4, -0.2) is 46.5 Å². The predicted molar refractivity (Wildman–Crippen MR) is 128 cm³/mol. The van der Waals surface area contributed by atoms with Gasteiger partial charge in [-0.25, -0.2) is 8.42 Å². The third-order valence-electron chi connectivity index (χ3n) is 6.28. The Morgan fingerprint density at radius 2 is 1.75 bits per heavy atom. The van der Waals surface area contributed by atoms with Gasteiger partial charge < -0.3 is 15.5 Å². The molecule has 0 unspecified atom stereocenters. The highest BCUT2D eigenvalue weighted by Gasteiger charge is 2.24. The SMILES string of the molecule is Cc1ccc(C)c(S(=O)(=O)Nc2cc(C(=O)NC3CCCC3)ccc2N2CCNCC2)c1. The van der Waals surface area contributed by atoms with Crippen LogP contribution in [0.4, 0.5) is 11.4 Å². The van der Waals surface area contributed by atoms with Gasteiger partial charge >= 0.3 is 0 Å². The van der Waals surface area contributed by atoms with Crippen molar-refractivity contribution >= 4 is 27.3 Å². The molecule has 3 N–H and O–H groups in total. The zero-order valence-electron chi connectivity index (χ0n) is 18.8. The standard InChI is InChI=1S/C24H32N4O3S/c1-17-7-8-18(2)23(15-17)32(30,31)27-21-16-19(24(29)26-20-5-3-4-6-20)9-10-22(21)28-13-11-25-12-14-28/h7-10,15-16,20,25,27H,3-6,11-14H2,1-2H3,(H,26,29). The molecule has 0 spiro atoms. The van der Waals surface area contributed by atoms with Crippen molar-refractivity contribution in [3.8, 4) is 0 Å². The number of benzene rings is 2. The lowest BCUT2D eigenvalue weighted by molar-refractivity contribution is 0.0938. The van der Waals surface area contributed by atoms with E-state index in [1.54, 1.807) is 25.1 Å². The lowest BCUT2D eigenvalue weighted by atomic mass is 10.1. The van der Waals surface area contributed by atoms with Gasteiger partial charge in [0, 0.05) is 37.8 Å². The fourth-order valence-electron chi connectivity index (χ4n) is 4.48. The van der Waals surface area contributed by atoms with Crippen LogP contribution >= 0.6 is 0 Å². The van der Waals surface area contributed by atoms with Crippen LogP contribution in [0.5, 0.6) is 0 Å². The van der Waals surface area contributed by atoms with Crippen molar-refractivity contribution < 1.29 is 13.2 Å². The van der Waals surface area contributed by atoms with Gasteiger partial charge in [0.1, 0.15) is 0 Å². The molecular formula is C24H32N4O3S. The number of aryl methyl sites for hydroxylation is 2. The van der Waals surface area contributed by atoms with E-state index in [2.05, 4.69) is 20.3 Å². The molecule has 0 bridgehead atoms. The molecule has 1 aliphatic heterocycles. The summed E-state index contributed by atoms with van der Waals surface area (Å²) in [6.07, 6.45) is 4.26. The summed E-state index contributed by atoms with van der Waals surface area (Å²) in [5.41, 5.74) is 3.25. The molecule has 1 saturated carbocycles. The quantitative estimate of drug-likeness (QED) is 0.621. The van der Waals surface area contributed by atoms with Crippen LogP contribution in [0.15, 0.2) is 41.3 Å². The average molecular weight is 457 g/mol. The summed E-state index contributed by atoms with van der Waals surface area (Å²) in [5, 5.41) is 6.41. The van der Waals surface area contributed by atoms with Crippen molar-refractivity contribution in [1.29, 1.82) is 0 Å². The van der Waals surface area contributed by atoms with Gasteiger partial charge in [-0.1, -0.05) is 25.0 Å². The largest absolute Gasteiger partial charge is 0.367 e. The second kappa shape index (κ2) is 9.50. The monoisotopic (exact) mass is 456 g/mol. The minimum atomic E-state index is -3.82. The van der Waals surface area contributed by atoms with Crippen molar-refractivity contribution in [3.05, 3.63) is 53.1 Å². The van der Waals surface area contributed by atoms with E-state index < -0.39 is 10.0 Å². The van der Waals surface area contributed by atoms with E-state index >= 15 is 0 Å². The third kappa shape index (κ3) is 5.07. The van der Waals surface area contributed by atoms with E-state index in [0.29, 0.717) is 16.8 Å². The first-order chi connectivity index (χ1) is 15.3. The zero-order chi connectivity index (χ0) is 22.7. The van der Waals surface area contributed by atoms with Crippen LogP contribution in [-0.2, 0) is 10.0 Å². The molecular weight excluding hydrogens is 424 g/mol. The number of nitrogens with zero attached hydrogens (tertiary/aromatic N) is 1. The van der Waals surface area contributed by atoms with E-state index in [-0.39, 0.29) is 16.8 Å². The van der Waals surface area contributed by atoms with Crippen LogP contribution < -0.4 is 20.3 Å². The number of sulfonamides is 1. The van der Waals surface area contributed by atoms with Gasteiger partial charge in [0.2, 0.25) is 0 Å². The highest BCUT2D eigenvalue weighted by molar-refractivity contribution is 7.92. The molecule has 2 aliphatic rings. The molecule has 32 heavy (non-hydrogen) atoms. The van der Waals surface area contributed by atoms with Gasteiger partial charge in [-0.3, -0.25) is 9.52 Å². The number of anilines is 2. The Balaban J connectivity index is 1.68. The number of nitrogens with one attached hydrogen (secondary N) is 3. The summed E-state index contributed by atoms with van der Waals surface area (Å²) in [4.78, 5) is 15.3. The minimum absolute atomic E-state index is 0.157. The van der Waals surface area contributed by atoms with Gasteiger partial charge in [-0.05, 0) is 62.1 Å². The first kappa shape index (κ1) is 22.6. The van der Waals surface area contributed by atoms with Crippen LogP contribution in [0.25, 0.3) is 0 Å². The highest BCUT2D eigenvalue weighted by atomic mass is 32.2. The summed E-state index contributed by atoms with van der Waals surface area (Å²) in [6.45, 7) is 6.85. The van der Waals surface area contributed by atoms with Crippen molar-refractivity contribution in [2.24, 2.45) is 0 Å². The number of piperazine rings is 1. The van der Waals surface area contributed by atoms with E-state index in [9.17, 15) is 13.2 Å².